The second-order valence-electron chi connectivity index (χ2n) is 5.41. The molecule has 1 amide bonds. The lowest BCUT2D eigenvalue weighted by Crippen LogP contribution is -2.40. The second kappa shape index (κ2) is 9.64. The third kappa shape index (κ3) is 5.46. The molecule has 0 aromatic heterocycles. The molecule has 1 aromatic carbocycles. The van der Waals surface area contributed by atoms with Crippen LogP contribution in [0.2, 0.25) is 0 Å². The smallest absolute Gasteiger partial charge is 0.225 e. The molecule has 0 bridgehead atoms. The van der Waals surface area contributed by atoms with Crippen LogP contribution in [0.15, 0.2) is 24.3 Å². The lowest BCUT2D eigenvalue weighted by atomic mass is 9.97. The first-order chi connectivity index (χ1) is 10.2. The summed E-state index contributed by atoms with van der Waals surface area (Å²) in [6.45, 7) is 2.85. The number of likely N-dealkylation sites (tertiary alicyclic amines) is 1. The maximum Gasteiger partial charge on any atom is 0.225 e. The fourth-order valence-electron chi connectivity index (χ4n) is 2.64. The van der Waals surface area contributed by atoms with Crippen LogP contribution >= 0.6 is 12.4 Å². The zero-order valence-corrected chi connectivity index (χ0v) is 13.7. The number of rotatable bonds is 6. The number of nitrogens with one attached hydrogen (secondary N) is 1. The number of nitrogens with zero attached hydrogens (tertiary/aromatic N) is 1. The van der Waals surface area contributed by atoms with Crippen LogP contribution in [0.5, 0.6) is 5.75 Å². The summed E-state index contributed by atoms with van der Waals surface area (Å²) in [5, 5.41) is 3.18. The third-order valence-corrected chi connectivity index (χ3v) is 3.87. The van der Waals surface area contributed by atoms with E-state index < -0.39 is 5.82 Å². The molecule has 1 heterocycles. The summed E-state index contributed by atoms with van der Waals surface area (Å²) in [7, 11) is 1.96. The molecule has 22 heavy (non-hydrogen) atoms. The van der Waals surface area contributed by atoms with Crippen molar-refractivity contribution in [3.8, 4) is 5.75 Å². The van der Waals surface area contributed by atoms with Crippen molar-refractivity contribution in [2.45, 2.75) is 19.3 Å². The largest absolute Gasteiger partial charge is 0.490 e. The van der Waals surface area contributed by atoms with Crippen molar-refractivity contribution in [2.75, 3.05) is 33.3 Å². The number of carbonyl (C=O) groups excluding carboxylic acids is 1. The summed E-state index contributed by atoms with van der Waals surface area (Å²) in [5.74, 6) is 0.568. The van der Waals surface area contributed by atoms with E-state index in [1.807, 2.05) is 11.9 Å². The molecule has 1 aromatic rings. The molecule has 0 aliphatic carbocycles. The molecule has 124 valence electrons. The lowest BCUT2D eigenvalue weighted by molar-refractivity contribution is -0.133. The van der Waals surface area contributed by atoms with Crippen LogP contribution in [-0.2, 0) is 4.79 Å². The predicted octanol–water partition coefficient (Wildman–Crippen LogP) is 2.47. The Labute approximate surface area is 137 Å². The van der Waals surface area contributed by atoms with E-state index in [0.29, 0.717) is 12.3 Å². The van der Waals surface area contributed by atoms with Gasteiger partial charge in [-0.1, -0.05) is 12.1 Å². The molecule has 1 fully saturated rings. The van der Waals surface area contributed by atoms with E-state index in [1.165, 1.54) is 6.07 Å². The first kappa shape index (κ1) is 18.7. The topological polar surface area (TPSA) is 41.6 Å². The van der Waals surface area contributed by atoms with Gasteiger partial charge in [-0.25, -0.2) is 4.39 Å². The van der Waals surface area contributed by atoms with E-state index in [0.717, 1.165) is 32.5 Å². The molecule has 1 aliphatic heterocycles. The monoisotopic (exact) mass is 330 g/mol. The van der Waals surface area contributed by atoms with E-state index in [-0.39, 0.29) is 30.7 Å². The summed E-state index contributed by atoms with van der Waals surface area (Å²) in [5.41, 5.74) is 0. The minimum atomic E-state index is -0.391. The third-order valence-electron chi connectivity index (χ3n) is 3.87. The summed E-state index contributed by atoms with van der Waals surface area (Å²) in [4.78, 5) is 14.0. The molecule has 2 rings (SSSR count). The van der Waals surface area contributed by atoms with Crippen molar-refractivity contribution >= 4 is 18.3 Å². The van der Waals surface area contributed by atoms with Crippen LogP contribution in [0.25, 0.3) is 0 Å². The minimum absolute atomic E-state index is 0. The molecule has 1 N–H and O–H groups in total. The Morgan fingerprint density at radius 2 is 2.05 bits per heavy atom. The van der Waals surface area contributed by atoms with Gasteiger partial charge in [0.1, 0.15) is 0 Å². The van der Waals surface area contributed by atoms with Gasteiger partial charge in [-0.15, -0.1) is 12.4 Å². The van der Waals surface area contributed by atoms with Crippen molar-refractivity contribution in [2.24, 2.45) is 5.92 Å². The quantitative estimate of drug-likeness (QED) is 0.871. The number of benzene rings is 1. The first-order valence-corrected chi connectivity index (χ1v) is 7.50. The van der Waals surface area contributed by atoms with Crippen LogP contribution in [0.1, 0.15) is 19.3 Å². The standard InChI is InChI=1S/C16H23FN2O2.ClH/c1-18-12-13-6-9-19(10-7-13)16(20)8-11-21-15-5-3-2-4-14(15)17;/h2-5,13,18H,6-12H2,1H3;1H. The van der Waals surface area contributed by atoms with Gasteiger partial charge in [-0.3, -0.25) is 4.79 Å². The van der Waals surface area contributed by atoms with Crippen molar-refractivity contribution in [3.05, 3.63) is 30.1 Å². The average molecular weight is 331 g/mol. The Bertz CT molecular complexity index is 465. The highest BCUT2D eigenvalue weighted by Gasteiger charge is 2.22. The number of piperidine rings is 1. The number of hydrogen-bond donors (Lipinski definition) is 1. The summed E-state index contributed by atoms with van der Waals surface area (Å²) in [6, 6.07) is 6.25. The highest BCUT2D eigenvalue weighted by molar-refractivity contribution is 5.85. The van der Waals surface area contributed by atoms with Crippen LogP contribution in [0.3, 0.4) is 0 Å². The average Bonchev–Trinajstić information content (AvgIpc) is 2.50. The Balaban J connectivity index is 0.00000242. The SMILES string of the molecule is CNCC1CCN(C(=O)CCOc2ccccc2F)CC1.Cl. The van der Waals surface area contributed by atoms with Gasteiger partial charge in [0, 0.05) is 13.1 Å². The molecular weight excluding hydrogens is 307 g/mol. The molecule has 0 radical (unpaired) electrons. The molecule has 4 nitrogen and oxygen atoms in total. The number of hydrogen-bond acceptors (Lipinski definition) is 3. The Hall–Kier alpha value is -1.33. The van der Waals surface area contributed by atoms with Crippen LogP contribution in [-0.4, -0.2) is 44.1 Å². The van der Waals surface area contributed by atoms with Crippen LogP contribution < -0.4 is 10.1 Å². The molecule has 0 spiro atoms. The van der Waals surface area contributed by atoms with E-state index in [9.17, 15) is 9.18 Å². The van der Waals surface area contributed by atoms with E-state index >= 15 is 0 Å². The molecule has 0 atom stereocenters. The van der Waals surface area contributed by atoms with Gasteiger partial charge in [0.05, 0.1) is 13.0 Å². The van der Waals surface area contributed by atoms with Crippen molar-refractivity contribution in [1.29, 1.82) is 0 Å². The van der Waals surface area contributed by atoms with Crippen LogP contribution in [0, 0.1) is 11.7 Å². The molecule has 0 saturated carbocycles. The Morgan fingerprint density at radius 3 is 2.68 bits per heavy atom. The Morgan fingerprint density at radius 1 is 1.36 bits per heavy atom. The van der Waals surface area contributed by atoms with Gasteiger partial charge in [0.2, 0.25) is 5.91 Å². The predicted molar refractivity (Wildman–Crippen MR) is 87.0 cm³/mol. The molecule has 1 aliphatic rings. The van der Waals surface area contributed by atoms with Gasteiger partial charge in [-0.05, 0) is 44.5 Å². The zero-order valence-electron chi connectivity index (χ0n) is 12.9. The van der Waals surface area contributed by atoms with Gasteiger partial charge >= 0.3 is 0 Å². The summed E-state index contributed by atoms with van der Waals surface area (Å²) < 4.78 is 18.7. The number of carbonyl (C=O) groups is 1. The molecular formula is C16H24ClFN2O2. The second-order valence-corrected chi connectivity index (χ2v) is 5.41. The van der Waals surface area contributed by atoms with Gasteiger partial charge in [0.25, 0.3) is 0 Å². The molecule has 0 unspecified atom stereocenters. The van der Waals surface area contributed by atoms with Gasteiger partial charge in [0.15, 0.2) is 11.6 Å². The maximum absolute atomic E-state index is 13.4. The normalized spacial score (nSPS) is 15.3. The van der Waals surface area contributed by atoms with E-state index in [1.54, 1.807) is 18.2 Å². The van der Waals surface area contributed by atoms with Gasteiger partial charge in [-0.2, -0.15) is 0 Å². The van der Waals surface area contributed by atoms with E-state index in [4.69, 9.17) is 4.74 Å². The zero-order chi connectivity index (χ0) is 15.1. The van der Waals surface area contributed by atoms with Crippen LogP contribution in [0.4, 0.5) is 4.39 Å². The Kier molecular flexibility index (Phi) is 8.20. The fourth-order valence-corrected chi connectivity index (χ4v) is 2.64. The molecule has 1 saturated heterocycles. The number of halogens is 2. The lowest BCUT2D eigenvalue weighted by Gasteiger charge is -2.32. The maximum atomic E-state index is 13.4. The first-order valence-electron chi connectivity index (χ1n) is 7.50. The molecule has 6 heteroatoms. The van der Waals surface area contributed by atoms with E-state index in [2.05, 4.69) is 5.32 Å². The fraction of sp³-hybridized carbons (Fsp3) is 0.562. The number of ether oxygens (including phenoxy) is 1. The number of para-hydroxylation sites is 1. The van der Waals surface area contributed by atoms with Gasteiger partial charge < -0.3 is 15.0 Å². The van der Waals surface area contributed by atoms with Crippen molar-refractivity contribution in [3.63, 3.8) is 0 Å². The van der Waals surface area contributed by atoms with Crippen molar-refractivity contribution < 1.29 is 13.9 Å². The summed E-state index contributed by atoms with van der Waals surface area (Å²) in [6.07, 6.45) is 2.38. The van der Waals surface area contributed by atoms with Crippen molar-refractivity contribution in [1.82, 2.24) is 10.2 Å². The highest BCUT2D eigenvalue weighted by atomic mass is 35.5. The summed E-state index contributed by atoms with van der Waals surface area (Å²) >= 11 is 0. The minimum Gasteiger partial charge on any atom is -0.490 e. The number of amides is 1. The highest BCUT2D eigenvalue weighted by Crippen LogP contribution is 2.18.